The average molecular weight is 393 g/mol. The molecule has 0 saturated carbocycles. The summed E-state index contributed by atoms with van der Waals surface area (Å²) in [5.41, 5.74) is 2.71. The lowest BCUT2D eigenvalue weighted by molar-refractivity contribution is -0.137. The van der Waals surface area contributed by atoms with E-state index in [0.29, 0.717) is 25.3 Å². The Balaban J connectivity index is 1.63. The van der Waals surface area contributed by atoms with E-state index in [1.807, 2.05) is 60.8 Å². The molecular weight excluding hydrogens is 370 g/mol. The van der Waals surface area contributed by atoms with E-state index in [9.17, 15) is 9.59 Å². The number of aromatic nitrogens is 2. The van der Waals surface area contributed by atoms with Crippen molar-refractivity contribution in [3.8, 4) is 5.75 Å². The Hall–Kier alpha value is -3.61. The molecule has 0 unspecified atom stereocenters. The Morgan fingerprint density at radius 3 is 2.62 bits per heavy atom. The summed E-state index contributed by atoms with van der Waals surface area (Å²) in [4.78, 5) is 23.1. The van der Waals surface area contributed by atoms with Gasteiger partial charge in [0.2, 0.25) is 0 Å². The predicted molar refractivity (Wildman–Crippen MR) is 108 cm³/mol. The lowest BCUT2D eigenvalue weighted by Crippen LogP contribution is -2.28. The van der Waals surface area contributed by atoms with Gasteiger partial charge in [-0.3, -0.25) is 14.3 Å². The van der Waals surface area contributed by atoms with Gasteiger partial charge in [0.1, 0.15) is 5.75 Å². The van der Waals surface area contributed by atoms with E-state index in [-0.39, 0.29) is 18.9 Å². The van der Waals surface area contributed by atoms with E-state index in [0.717, 1.165) is 16.7 Å². The molecule has 1 heterocycles. The molecule has 7 heteroatoms. The number of amides is 1. The summed E-state index contributed by atoms with van der Waals surface area (Å²) in [5, 5.41) is 16.0. The number of hydrogen-bond acceptors (Lipinski definition) is 4. The first-order valence-corrected chi connectivity index (χ1v) is 9.34. The SMILES string of the molecule is O=C(O)CCc1ccc(Cn2cccn2)cc1OCC(=O)NCc1ccccc1. The molecule has 1 amide bonds. The number of carbonyl (C=O) groups is 2. The molecule has 0 aliphatic heterocycles. The minimum atomic E-state index is -0.878. The Kier molecular flexibility index (Phi) is 7.00. The minimum Gasteiger partial charge on any atom is -0.483 e. The largest absolute Gasteiger partial charge is 0.483 e. The summed E-state index contributed by atoms with van der Waals surface area (Å²) in [6, 6.07) is 17.1. The highest BCUT2D eigenvalue weighted by Gasteiger charge is 2.11. The van der Waals surface area contributed by atoms with Crippen LogP contribution in [0.15, 0.2) is 67.0 Å². The van der Waals surface area contributed by atoms with E-state index in [2.05, 4.69) is 10.4 Å². The van der Waals surface area contributed by atoms with Crippen LogP contribution in [0.3, 0.4) is 0 Å². The number of ether oxygens (including phenoxy) is 1. The van der Waals surface area contributed by atoms with Gasteiger partial charge in [0.25, 0.3) is 5.91 Å². The summed E-state index contributed by atoms with van der Waals surface area (Å²) >= 11 is 0. The maximum atomic E-state index is 12.2. The third-order valence-corrected chi connectivity index (χ3v) is 4.33. The van der Waals surface area contributed by atoms with Crippen molar-refractivity contribution < 1.29 is 19.4 Å². The second kappa shape index (κ2) is 10.1. The van der Waals surface area contributed by atoms with Crippen LogP contribution in [0.2, 0.25) is 0 Å². The standard InChI is InChI=1S/C22H23N3O4/c26-21(23-14-17-5-2-1-3-6-17)16-29-20-13-18(15-25-12-4-11-24-25)7-8-19(20)9-10-22(27)28/h1-8,11-13H,9-10,14-16H2,(H,23,26)(H,27,28). The van der Waals surface area contributed by atoms with Crippen LogP contribution in [0.1, 0.15) is 23.1 Å². The zero-order chi connectivity index (χ0) is 20.5. The first-order chi connectivity index (χ1) is 14.1. The second-order valence-corrected chi connectivity index (χ2v) is 6.59. The van der Waals surface area contributed by atoms with E-state index >= 15 is 0 Å². The predicted octanol–water partition coefficient (Wildman–Crippen LogP) is 2.64. The third-order valence-electron chi connectivity index (χ3n) is 4.33. The summed E-state index contributed by atoms with van der Waals surface area (Å²) in [5.74, 6) is -0.599. The first kappa shape index (κ1) is 20.1. The molecule has 0 saturated heterocycles. The van der Waals surface area contributed by atoms with Crippen molar-refractivity contribution in [3.63, 3.8) is 0 Å². The zero-order valence-electron chi connectivity index (χ0n) is 16.0. The van der Waals surface area contributed by atoms with Crippen LogP contribution in [0.25, 0.3) is 0 Å². The molecule has 0 aliphatic carbocycles. The molecule has 150 valence electrons. The number of nitrogens with zero attached hydrogens (tertiary/aromatic N) is 2. The van der Waals surface area contributed by atoms with E-state index in [1.165, 1.54) is 0 Å². The van der Waals surface area contributed by atoms with E-state index < -0.39 is 5.97 Å². The van der Waals surface area contributed by atoms with Crippen molar-refractivity contribution >= 4 is 11.9 Å². The normalized spacial score (nSPS) is 10.5. The highest BCUT2D eigenvalue weighted by atomic mass is 16.5. The summed E-state index contributed by atoms with van der Waals surface area (Å²) in [6.45, 7) is 0.842. The highest BCUT2D eigenvalue weighted by Crippen LogP contribution is 2.23. The molecule has 0 atom stereocenters. The lowest BCUT2D eigenvalue weighted by atomic mass is 10.1. The molecule has 7 nitrogen and oxygen atoms in total. The van der Waals surface area contributed by atoms with Crippen LogP contribution in [0, 0.1) is 0 Å². The fourth-order valence-electron chi connectivity index (χ4n) is 2.85. The van der Waals surface area contributed by atoms with Crippen LogP contribution < -0.4 is 10.1 Å². The number of carbonyl (C=O) groups excluding carboxylic acids is 1. The van der Waals surface area contributed by atoms with E-state index in [1.54, 1.807) is 10.9 Å². The Morgan fingerprint density at radius 2 is 1.90 bits per heavy atom. The fraction of sp³-hybridized carbons (Fsp3) is 0.227. The van der Waals surface area contributed by atoms with Gasteiger partial charge in [-0.2, -0.15) is 5.10 Å². The minimum absolute atomic E-state index is 0.00489. The summed E-state index contributed by atoms with van der Waals surface area (Å²) in [6.07, 6.45) is 3.89. The van der Waals surface area contributed by atoms with Crippen LogP contribution in [-0.4, -0.2) is 33.4 Å². The molecule has 0 spiro atoms. The van der Waals surface area contributed by atoms with E-state index in [4.69, 9.17) is 9.84 Å². The van der Waals surface area contributed by atoms with Gasteiger partial charge >= 0.3 is 5.97 Å². The van der Waals surface area contributed by atoms with Gasteiger partial charge in [0.05, 0.1) is 6.54 Å². The topological polar surface area (TPSA) is 93.4 Å². The van der Waals surface area contributed by atoms with Gasteiger partial charge in [-0.15, -0.1) is 0 Å². The Bertz CT molecular complexity index is 940. The third kappa shape index (κ3) is 6.49. The molecule has 0 aliphatic rings. The second-order valence-electron chi connectivity index (χ2n) is 6.59. The number of aryl methyl sites for hydroxylation is 1. The van der Waals surface area contributed by atoms with Crippen molar-refractivity contribution in [2.45, 2.75) is 25.9 Å². The van der Waals surface area contributed by atoms with Crippen LogP contribution >= 0.6 is 0 Å². The van der Waals surface area contributed by atoms with Crippen LogP contribution in [0.5, 0.6) is 5.75 Å². The molecule has 3 aromatic rings. The van der Waals surface area contributed by atoms with Crippen molar-refractivity contribution in [3.05, 3.63) is 83.7 Å². The monoisotopic (exact) mass is 393 g/mol. The molecule has 29 heavy (non-hydrogen) atoms. The molecule has 3 rings (SSSR count). The molecule has 0 fully saturated rings. The van der Waals surface area contributed by atoms with Gasteiger partial charge in [-0.05, 0) is 35.2 Å². The van der Waals surface area contributed by atoms with Gasteiger partial charge in [-0.25, -0.2) is 0 Å². The molecule has 2 N–H and O–H groups in total. The lowest BCUT2D eigenvalue weighted by Gasteiger charge is -2.13. The van der Waals surface area contributed by atoms with Crippen molar-refractivity contribution in [2.75, 3.05) is 6.61 Å². The first-order valence-electron chi connectivity index (χ1n) is 9.34. The van der Waals surface area contributed by atoms with Crippen LogP contribution in [-0.2, 0) is 29.1 Å². The number of benzene rings is 2. The fourth-order valence-corrected chi connectivity index (χ4v) is 2.85. The molecular formula is C22H23N3O4. The van der Waals surface area contributed by atoms with Gasteiger partial charge in [0.15, 0.2) is 6.61 Å². The zero-order valence-corrected chi connectivity index (χ0v) is 16.0. The van der Waals surface area contributed by atoms with Gasteiger partial charge in [0, 0.05) is 25.4 Å². The molecule has 0 bridgehead atoms. The number of rotatable bonds is 10. The highest BCUT2D eigenvalue weighted by molar-refractivity contribution is 5.77. The number of nitrogens with one attached hydrogen (secondary N) is 1. The van der Waals surface area contributed by atoms with Crippen LogP contribution in [0.4, 0.5) is 0 Å². The molecule has 1 aromatic heterocycles. The Labute approximate surface area is 168 Å². The van der Waals surface area contributed by atoms with Crippen molar-refractivity contribution in [2.24, 2.45) is 0 Å². The molecule has 2 aromatic carbocycles. The quantitative estimate of drug-likeness (QED) is 0.552. The Morgan fingerprint density at radius 1 is 1.07 bits per heavy atom. The smallest absolute Gasteiger partial charge is 0.303 e. The van der Waals surface area contributed by atoms with Crippen molar-refractivity contribution in [1.82, 2.24) is 15.1 Å². The van der Waals surface area contributed by atoms with Gasteiger partial charge in [-0.1, -0.05) is 42.5 Å². The summed E-state index contributed by atoms with van der Waals surface area (Å²) in [7, 11) is 0. The average Bonchev–Trinajstić information content (AvgIpc) is 3.23. The van der Waals surface area contributed by atoms with Gasteiger partial charge < -0.3 is 15.2 Å². The molecule has 0 radical (unpaired) electrons. The number of carboxylic acids is 1. The number of carboxylic acid groups (broad SMARTS) is 1. The number of hydrogen-bond donors (Lipinski definition) is 2. The number of aliphatic carboxylic acids is 1. The summed E-state index contributed by atoms with van der Waals surface area (Å²) < 4.78 is 7.53. The maximum Gasteiger partial charge on any atom is 0.303 e. The maximum absolute atomic E-state index is 12.2. The van der Waals surface area contributed by atoms with Crippen molar-refractivity contribution in [1.29, 1.82) is 0 Å².